The molecule has 17 heteroatoms. The quantitative estimate of drug-likeness (QED) is 0.0782. The van der Waals surface area contributed by atoms with Crippen LogP contribution in [-0.4, -0.2) is 61.2 Å². The van der Waals surface area contributed by atoms with Crippen molar-refractivity contribution in [3.05, 3.63) is 111 Å². The summed E-state index contributed by atoms with van der Waals surface area (Å²) in [5.74, 6) is -2.52. The zero-order chi connectivity index (χ0) is 37.1. The molecule has 1 aliphatic heterocycles. The first-order valence-corrected chi connectivity index (χ1v) is 17.7. The van der Waals surface area contributed by atoms with Crippen molar-refractivity contribution >= 4 is 57.9 Å². The van der Waals surface area contributed by atoms with Gasteiger partial charge in [-0.2, -0.15) is 8.78 Å². The molecule has 0 spiro atoms. The van der Waals surface area contributed by atoms with Crippen LogP contribution in [0.15, 0.2) is 67.0 Å². The van der Waals surface area contributed by atoms with Crippen molar-refractivity contribution in [1.29, 1.82) is 0 Å². The minimum atomic E-state index is -3.12. The number of hydrogen-bond donors (Lipinski definition) is 1. The summed E-state index contributed by atoms with van der Waals surface area (Å²) in [6.45, 7) is -1.94. The highest BCUT2D eigenvalue weighted by molar-refractivity contribution is 7.80. The van der Waals surface area contributed by atoms with Gasteiger partial charge in [0.05, 0.1) is 45.7 Å². The van der Waals surface area contributed by atoms with Crippen LogP contribution < -0.4 is 13.8 Å². The van der Waals surface area contributed by atoms with Gasteiger partial charge in [-0.3, -0.25) is 38.1 Å². The van der Waals surface area contributed by atoms with Crippen LogP contribution in [0, 0.1) is 12.8 Å². The zero-order valence-corrected chi connectivity index (χ0v) is 29.7. The van der Waals surface area contributed by atoms with Crippen LogP contribution in [0.1, 0.15) is 62.2 Å². The maximum Gasteiger partial charge on any atom is 0.387 e. The number of anilines is 1. The second kappa shape index (κ2) is 15.9. The van der Waals surface area contributed by atoms with Gasteiger partial charge in [-0.25, -0.2) is 4.21 Å². The molecule has 2 aliphatic rings. The Hall–Kier alpha value is -4.70. The Morgan fingerprint density at radius 3 is 2.44 bits per heavy atom. The second-order valence-electron chi connectivity index (χ2n) is 12.1. The minimum absolute atomic E-state index is 0.00450. The van der Waals surface area contributed by atoms with Gasteiger partial charge in [-0.05, 0) is 79.3 Å². The van der Waals surface area contributed by atoms with Crippen molar-refractivity contribution in [3.63, 3.8) is 0 Å². The molecule has 2 atom stereocenters. The molecule has 4 aromatic rings. The molecule has 2 aromatic carbocycles. The van der Waals surface area contributed by atoms with E-state index in [2.05, 4.69) is 14.7 Å². The lowest BCUT2D eigenvalue weighted by atomic mass is 10.0. The van der Waals surface area contributed by atoms with Crippen LogP contribution in [0.2, 0.25) is 10.0 Å². The summed E-state index contributed by atoms with van der Waals surface area (Å²) in [5.41, 5.74) is 1.93. The normalized spacial score (nSPS) is 15.0. The molecule has 52 heavy (non-hydrogen) atoms. The van der Waals surface area contributed by atoms with Crippen molar-refractivity contribution in [2.75, 3.05) is 17.5 Å². The topological polar surface area (TPSA) is 148 Å². The standard InChI is InChI=1S/C35H30Cl2F2N4O8S/c1-19-3-2-4-22(41-19)16-43(52(47)48)23-8-9-24-25(12-23)34(46)42(33(24)45)17-32(44)50-30(13-26-27(36)14-40-15-28(26)37)21-7-10-29(51-35(38)39)31(11-21)49-18-20-5-6-20/h2-4,7-12,14-15,20,30,35H,5-6,13,16-18H2,1H3,(H,47,48)/t30-/m0/s1. The Morgan fingerprint density at radius 1 is 1.04 bits per heavy atom. The highest BCUT2D eigenvalue weighted by Gasteiger charge is 2.38. The number of alkyl halides is 2. The van der Waals surface area contributed by atoms with E-state index in [0.717, 1.165) is 17.1 Å². The fourth-order valence-corrected chi connectivity index (χ4v) is 6.60. The smallest absolute Gasteiger partial charge is 0.387 e. The number of benzene rings is 2. The van der Waals surface area contributed by atoms with Gasteiger partial charge in [-0.1, -0.05) is 35.3 Å². The van der Waals surface area contributed by atoms with E-state index in [9.17, 15) is 31.9 Å². The lowest BCUT2D eigenvalue weighted by molar-refractivity contribution is -0.149. The van der Waals surface area contributed by atoms with Crippen LogP contribution in [0.5, 0.6) is 11.5 Å². The fraction of sp³-hybridized carbons (Fsp3) is 0.286. The van der Waals surface area contributed by atoms with E-state index in [1.165, 1.54) is 48.8 Å². The van der Waals surface area contributed by atoms with Crippen molar-refractivity contribution < 1.29 is 46.1 Å². The van der Waals surface area contributed by atoms with Crippen molar-refractivity contribution in [3.8, 4) is 11.5 Å². The maximum atomic E-state index is 13.5. The molecule has 0 bridgehead atoms. The fourth-order valence-electron chi connectivity index (χ4n) is 5.54. The third-order valence-corrected chi connectivity index (χ3v) is 9.68. The number of esters is 1. The Morgan fingerprint density at radius 2 is 1.77 bits per heavy atom. The van der Waals surface area contributed by atoms with Gasteiger partial charge in [0.15, 0.2) is 11.5 Å². The summed E-state index contributed by atoms with van der Waals surface area (Å²) in [6, 6.07) is 13.3. The number of aryl methyl sites for hydroxylation is 1. The van der Waals surface area contributed by atoms with Crippen LogP contribution in [0.4, 0.5) is 14.5 Å². The predicted molar refractivity (Wildman–Crippen MR) is 186 cm³/mol. The molecule has 1 fully saturated rings. The van der Waals surface area contributed by atoms with E-state index in [4.69, 9.17) is 32.7 Å². The number of ether oxygens (including phenoxy) is 3. The number of rotatable bonds is 15. The zero-order valence-electron chi connectivity index (χ0n) is 27.3. The van der Waals surface area contributed by atoms with Crippen molar-refractivity contribution in [2.24, 2.45) is 5.92 Å². The summed E-state index contributed by atoms with van der Waals surface area (Å²) < 4.78 is 66.2. The van der Waals surface area contributed by atoms with E-state index in [1.54, 1.807) is 25.1 Å². The molecule has 272 valence electrons. The van der Waals surface area contributed by atoms with Gasteiger partial charge in [-0.15, -0.1) is 0 Å². The number of amides is 2. The first kappa shape index (κ1) is 37.1. The first-order valence-electron chi connectivity index (χ1n) is 15.9. The first-order chi connectivity index (χ1) is 24.9. The average molecular weight is 776 g/mol. The summed E-state index contributed by atoms with van der Waals surface area (Å²) >= 11 is 10.2. The second-order valence-corrected chi connectivity index (χ2v) is 13.8. The molecule has 12 nitrogen and oxygen atoms in total. The van der Waals surface area contributed by atoms with Crippen molar-refractivity contribution in [2.45, 2.75) is 45.4 Å². The van der Waals surface area contributed by atoms with E-state index >= 15 is 0 Å². The third kappa shape index (κ3) is 8.66. The van der Waals surface area contributed by atoms with Gasteiger partial charge in [0, 0.05) is 24.5 Å². The minimum Gasteiger partial charge on any atom is -0.489 e. The van der Waals surface area contributed by atoms with Gasteiger partial charge >= 0.3 is 12.6 Å². The summed E-state index contributed by atoms with van der Waals surface area (Å²) in [6.07, 6.45) is 3.32. The lowest BCUT2D eigenvalue weighted by Crippen LogP contribution is -2.36. The number of carbonyl (C=O) groups excluding carboxylic acids is 3. The molecule has 0 saturated heterocycles. The summed E-state index contributed by atoms with van der Waals surface area (Å²) in [4.78, 5) is 49.4. The average Bonchev–Trinajstić information content (AvgIpc) is 3.90. The number of fused-ring (bicyclic) bond motifs is 1. The van der Waals surface area contributed by atoms with Gasteiger partial charge in [0.1, 0.15) is 12.6 Å². The van der Waals surface area contributed by atoms with Gasteiger partial charge < -0.3 is 14.2 Å². The molecule has 1 saturated carbocycles. The number of halogens is 4. The van der Waals surface area contributed by atoms with E-state index in [0.29, 0.717) is 27.4 Å². The number of nitrogens with zero attached hydrogens (tertiary/aromatic N) is 4. The SMILES string of the molecule is Cc1cccc(CN(c2ccc3c(c2)C(=O)N(CC(=O)O[C@@H](Cc2c(Cl)cncc2Cl)c2ccc(OC(F)F)c(OCC4CC4)c2)C3=O)S(=O)O)n1. The van der Waals surface area contributed by atoms with Crippen LogP contribution in [0.3, 0.4) is 0 Å². The lowest BCUT2D eigenvalue weighted by Gasteiger charge is -2.22. The largest absolute Gasteiger partial charge is 0.489 e. The Kier molecular flexibility index (Phi) is 11.3. The van der Waals surface area contributed by atoms with Crippen LogP contribution in [-0.2, 0) is 33.8 Å². The van der Waals surface area contributed by atoms with E-state index < -0.39 is 48.3 Å². The van der Waals surface area contributed by atoms with Crippen LogP contribution >= 0.6 is 23.2 Å². The maximum absolute atomic E-state index is 13.5. The van der Waals surface area contributed by atoms with E-state index in [1.807, 2.05) is 0 Å². The monoisotopic (exact) mass is 774 g/mol. The molecule has 1 unspecified atom stereocenters. The van der Waals surface area contributed by atoms with Crippen molar-refractivity contribution in [1.82, 2.24) is 14.9 Å². The predicted octanol–water partition coefficient (Wildman–Crippen LogP) is 6.75. The molecule has 2 amide bonds. The number of aromatic nitrogens is 2. The number of hydrogen-bond acceptors (Lipinski definition) is 9. The molecule has 6 rings (SSSR count). The van der Waals surface area contributed by atoms with Gasteiger partial charge in [0.25, 0.3) is 23.1 Å². The molecule has 1 aliphatic carbocycles. The highest BCUT2D eigenvalue weighted by Crippen LogP contribution is 2.38. The summed E-state index contributed by atoms with van der Waals surface area (Å²) in [7, 11) is 0. The Balaban J connectivity index is 1.24. The molecular formula is C35H30Cl2F2N4O8S. The number of imide groups is 1. The Bertz CT molecular complexity index is 2030. The van der Waals surface area contributed by atoms with Gasteiger partial charge in [0.2, 0.25) is 0 Å². The number of carbonyl (C=O) groups is 3. The molecule has 1 N–H and O–H groups in total. The third-order valence-electron chi connectivity index (χ3n) is 8.31. The molecule has 3 heterocycles. The Labute approximate surface area is 309 Å². The number of pyridine rings is 2. The summed E-state index contributed by atoms with van der Waals surface area (Å²) in [5, 5.41) is 0.340. The van der Waals surface area contributed by atoms with E-state index in [-0.39, 0.29) is 63.8 Å². The molecule has 0 radical (unpaired) electrons. The highest BCUT2D eigenvalue weighted by atomic mass is 35.5. The van der Waals surface area contributed by atoms with Crippen LogP contribution in [0.25, 0.3) is 0 Å². The molecular weight excluding hydrogens is 745 g/mol. The molecule has 2 aromatic heterocycles.